The van der Waals surface area contributed by atoms with Gasteiger partial charge >= 0.3 is 0 Å². The summed E-state index contributed by atoms with van der Waals surface area (Å²) in [6.07, 6.45) is 4.69. The minimum Gasteiger partial charge on any atom is -0.497 e. The maximum Gasteiger partial charge on any atom is 0.251 e. The Bertz CT molecular complexity index is 1370. The topological polar surface area (TPSA) is 125 Å². The average molecular weight is 631 g/mol. The smallest absolute Gasteiger partial charge is 0.251 e. The minimum atomic E-state index is -3.74. The molecule has 0 unspecified atom stereocenters. The molecule has 0 atom stereocenters. The number of carbonyl (C=O) groups excluding carboxylic acids is 2. The van der Waals surface area contributed by atoms with E-state index in [0.717, 1.165) is 39.0 Å². The second-order valence-corrected chi connectivity index (χ2v) is 13.8. The van der Waals surface area contributed by atoms with Crippen LogP contribution >= 0.6 is 0 Å². The minimum absolute atomic E-state index is 0.0931. The summed E-state index contributed by atoms with van der Waals surface area (Å²) in [6.45, 7) is 8.94. The highest BCUT2D eigenvalue weighted by molar-refractivity contribution is 7.89. The molecule has 2 amide bonds. The van der Waals surface area contributed by atoms with E-state index in [2.05, 4.69) is 27.1 Å². The number of hydrogen-bond acceptors (Lipinski definition) is 9. The van der Waals surface area contributed by atoms with Gasteiger partial charge in [-0.25, -0.2) is 8.42 Å². The van der Waals surface area contributed by atoms with Gasteiger partial charge in [-0.05, 0) is 69.1 Å². The van der Waals surface area contributed by atoms with E-state index in [1.54, 1.807) is 57.6 Å². The number of sulfonamides is 1. The van der Waals surface area contributed by atoms with Gasteiger partial charge < -0.3 is 24.6 Å². The number of piperidine rings is 1. The van der Waals surface area contributed by atoms with E-state index >= 15 is 0 Å². The van der Waals surface area contributed by atoms with E-state index in [4.69, 9.17) is 9.47 Å². The largest absolute Gasteiger partial charge is 0.497 e. The SMILES string of the molecule is COc1cc(C)c(S(=O)(=O)N(C)CCOCC(=O)N2CCC(CNC(=O)c3ccncc3)(N3CCN(C)CC3)CC2)c(C)c1. The summed E-state index contributed by atoms with van der Waals surface area (Å²) < 4.78 is 38.7. The van der Waals surface area contributed by atoms with Crippen LogP contribution in [0.2, 0.25) is 0 Å². The van der Waals surface area contributed by atoms with E-state index in [1.165, 1.54) is 11.4 Å². The third kappa shape index (κ3) is 7.94. The van der Waals surface area contributed by atoms with Gasteiger partial charge in [0, 0.05) is 82.9 Å². The molecule has 3 heterocycles. The monoisotopic (exact) mass is 630 g/mol. The van der Waals surface area contributed by atoms with E-state index in [0.29, 0.717) is 42.1 Å². The van der Waals surface area contributed by atoms with Crippen LogP contribution in [-0.2, 0) is 19.6 Å². The van der Waals surface area contributed by atoms with Crippen molar-refractivity contribution in [2.24, 2.45) is 0 Å². The summed E-state index contributed by atoms with van der Waals surface area (Å²) in [6, 6.07) is 6.81. The third-order valence-electron chi connectivity index (χ3n) is 8.86. The van der Waals surface area contributed by atoms with Crippen molar-refractivity contribution in [1.29, 1.82) is 0 Å². The van der Waals surface area contributed by atoms with Crippen LogP contribution in [0.4, 0.5) is 0 Å². The Hall–Kier alpha value is -3.10. The van der Waals surface area contributed by atoms with Crippen LogP contribution in [0.3, 0.4) is 0 Å². The van der Waals surface area contributed by atoms with E-state index in [1.807, 2.05) is 4.90 Å². The van der Waals surface area contributed by atoms with Crippen molar-refractivity contribution < 1.29 is 27.5 Å². The first kappa shape index (κ1) is 33.8. The lowest BCUT2D eigenvalue weighted by atomic mass is 9.84. The third-order valence-corrected chi connectivity index (χ3v) is 11.0. The number of benzene rings is 1. The van der Waals surface area contributed by atoms with Crippen LogP contribution in [-0.4, -0.2) is 137 Å². The van der Waals surface area contributed by atoms with Gasteiger partial charge in [0.2, 0.25) is 15.9 Å². The van der Waals surface area contributed by atoms with E-state index in [-0.39, 0.29) is 42.0 Å². The molecule has 242 valence electrons. The van der Waals surface area contributed by atoms with E-state index < -0.39 is 10.0 Å². The zero-order valence-corrected chi connectivity index (χ0v) is 27.4. The molecule has 2 saturated heterocycles. The maximum atomic E-state index is 13.3. The Morgan fingerprint density at radius 3 is 2.23 bits per heavy atom. The first-order valence-electron chi connectivity index (χ1n) is 15.1. The summed E-state index contributed by atoms with van der Waals surface area (Å²) in [5, 5.41) is 3.14. The number of amides is 2. The number of nitrogens with zero attached hydrogens (tertiary/aromatic N) is 5. The van der Waals surface area contributed by atoms with Gasteiger partial charge in [0.1, 0.15) is 12.4 Å². The number of ether oxygens (including phenoxy) is 2. The fraction of sp³-hybridized carbons (Fsp3) is 0.581. The predicted octanol–water partition coefficient (Wildman–Crippen LogP) is 1.38. The standard InChI is InChI=1S/C31H46N6O6S/c1-24-20-27(42-5)21-25(2)29(24)44(40,41)35(4)18-19-43-22-28(38)36-12-8-31(9-13-36,37-16-14-34(3)15-17-37)23-33-30(39)26-6-10-32-11-7-26/h6-7,10-11,20-21H,8-9,12-19,22-23H2,1-5H3,(H,33,39). The van der Waals surface area contributed by atoms with Crippen LogP contribution in [0.15, 0.2) is 41.6 Å². The molecule has 0 bridgehead atoms. The van der Waals surface area contributed by atoms with Gasteiger partial charge in [-0.2, -0.15) is 4.31 Å². The Labute approximate surface area is 261 Å². The molecule has 2 aliphatic heterocycles. The molecule has 13 heteroatoms. The fourth-order valence-corrected chi connectivity index (χ4v) is 7.62. The number of likely N-dealkylation sites (N-methyl/N-ethyl adjacent to an activating group) is 2. The first-order valence-corrected chi connectivity index (χ1v) is 16.5. The number of methoxy groups -OCH3 is 1. The van der Waals surface area contributed by atoms with Crippen molar-refractivity contribution in [2.75, 3.05) is 86.8 Å². The molecule has 1 aromatic carbocycles. The number of hydrogen-bond donors (Lipinski definition) is 1. The van der Waals surface area contributed by atoms with Crippen LogP contribution in [0.5, 0.6) is 5.75 Å². The molecular formula is C31H46N6O6S. The maximum absolute atomic E-state index is 13.3. The number of rotatable bonds is 12. The number of aromatic nitrogens is 1. The van der Waals surface area contributed by atoms with Crippen molar-refractivity contribution in [1.82, 2.24) is 29.3 Å². The summed E-state index contributed by atoms with van der Waals surface area (Å²) in [4.78, 5) is 36.7. The zero-order chi connectivity index (χ0) is 31.9. The molecule has 2 aromatic rings. The molecule has 0 radical (unpaired) electrons. The Morgan fingerprint density at radius 1 is 1.02 bits per heavy atom. The highest BCUT2D eigenvalue weighted by Gasteiger charge is 2.42. The zero-order valence-electron chi connectivity index (χ0n) is 26.5. The van der Waals surface area contributed by atoms with Crippen molar-refractivity contribution in [3.8, 4) is 5.75 Å². The molecule has 0 aliphatic carbocycles. The van der Waals surface area contributed by atoms with Crippen molar-refractivity contribution in [3.63, 3.8) is 0 Å². The first-order chi connectivity index (χ1) is 21.0. The normalized spacial score (nSPS) is 17.9. The number of carbonyl (C=O) groups is 2. The van der Waals surface area contributed by atoms with Gasteiger partial charge in [0.05, 0.1) is 18.6 Å². The summed E-state index contributed by atoms with van der Waals surface area (Å²) in [7, 11) is 1.44. The lowest BCUT2D eigenvalue weighted by molar-refractivity contribution is -0.139. The molecule has 2 fully saturated rings. The molecule has 1 aromatic heterocycles. The molecule has 44 heavy (non-hydrogen) atoms. The average Bonchev–Trinajstić information content (AvgIpc) is 3.02. The molecule has 12 nitrogen and oxygen atoms in total. The highest BCUT2D eigenvalue weighted by Crippen LogP contribution is 2.30. The van der Waals surface area contributed by atoms with Gasteiger partial charge in [-0.3, -0.25) is 19.5 Å². The van der Waals surface area contributed by atoms with Crippen LogP contribution in [0, 0.1) is 13.8 Å². The number of likely N-dealkylation sites (tertiary alicyclic amines) is 1. The Balaban J connectivity index is 1.29. The van der Waals surface area contributed by atoms with Gasteiger partial charge in [0.25, 0.3) is 5.91 Å². The van der Waals surface area contributed by atoms with Gasteiger partial charge in [0.15, 0.2) is 0 Å². The van der Waals surface area contributed by atoms with E-state index in [9.17, 15) is 18.0 Å². The number of nitrogens with one attached hydrogen (secondary N) is 1. The lowest BCUT2D eigenvalue weighted by Gasteiger charge is -2.51. The predicted molar refractivity (Wildman–Crippen MR) is 167 cm³/mol. The highest BCUT2D eigenvalue weighted by atomic mass is 32.2. The molecule has 4 rings (SSSR count). The fourth-order valence-electron chi connectivity index (χ4n) is 6.06. The second-order valence-electron chi connectivity index (χ2n) is 11.8. The van der Waals surface area contributed by atoms with Crippen LogP contribution in [0.1, 0.15) is 34.3 Å². The van der Waals surface area contributed by atoms with Crippen LogP contribution < -0.4 is 10.1 Å². The van der Waals surface area contributed by atoms with Crippen molar-refractivity contribution in [2.45, 2.75) is 37.1 Å². The Morgan fingerprint density at radius 2 is 1.64 bits per heavy atom. The van der Waals surface area contributed by atoms with Gasteiger partial charge in [-0.15, -0.1) is 0 Å². The quantitative estimate of drug-likeness (QED) is 0.347. The summed E-state index contributed by atoms with van der Waals surface area (Å²) in [5.74, 6) is 0.360. The molecule has 1 N–H and O–H groups in total. The number of pyridine rings is 1. The number of piperazine rings is 1. The van der Waals surface area contributed by atoms with Gasteiger partial charge in [-0.1, -0.05) is 0 Å². The van der Waals surface area contributed by atoms with Crippen LogP contribution in [0.25, 0.3) is 0 Å². The molecule has 0 saturated carbocycles. The molecule has 2 aliphatic rings. The number of aryl methyl sites for hydroxylation is 2. The summed E-state index contributed by atoms with van der Waals surface area (Å²) >= 11 is 0. The lowest BCUT2D eigenvalue weighted by Crippen LogP contribution is -2.64. The molecule has 0 spiro atoms. The summed E-state index contributed by atoms with van der Waals surface area (Å²) in [5.41, 5.74) is 1.56. The second kappa shape index (κ2) is 14.8. The molecular weight excluding hydrogens is 584 g/mol. The van der Waals surface area contributed by atoms with Crippen molar-refractivity contribution in [3.05, 3.63) is 53.3 Å². The van der Waals surface area contributed by atoms with Crippen molar-refractivity contribution >= 4 is 21.8 Å². The Kier molecular flexibility index (Phi) is 11.4.